The Bertz CT molecular complexity index is 425. The van der Waals surface area contributed by atoms with Gasteiger partial charge in [-0.05, 0) is 50.8 Å². The number of hydrogen-bond donors (Lipinski definition) is 2. The zero-order chi connectivity index (χ0) is 13.7. The zero-order valence-corrected chi connectivity index (χ0v) is 11.9. The van der Waals surface area contributed by atoms with Crippen molar-refractivity contribution < 1.29 is 4.79 Å². The van der Waals surface area contributed by atoms with E-state index >= 15 is 0 Å². The van der Waals surface area contributed by atoms with Crippen LogP contribution in [0.3, 0.4) is 0 Å². The molecule has 0 bridgehead atoms. The molecule has 1 fully saturated rings. The Morgan fingerprint density at radius 3 is 2.95 bits per heavy atom. The molecule has 0 spiro atoms. The molecule has 19 heavy (non-hydrogen) atoms. The largest absolute Gasteiger partial charge is 0.353 e. The van der Waals surface area contributed by atoms with Gasteiger partial charge in [0, 0.05) is 12.6 Å². The van der Waals surface area contributed by atoms with Crippen LogP contribution >= 0.6 is 0 Å². The third kappa shape index (κ3) is 4.06. The highest BCUT2D eigenvalue weighted by Gasteiger charge is 2.22. The molecule has 1 aliphatic heterocycles. The van der Waals surface area contributed by atoms with Gasteiger partial charge in [-0.15, -0.1) is 0 Å². The highest BCUT2D eigenvalue weighted by atomic mass is 16.1. The summed E-state index contributed by atoms with van der Waals surface area (Å²) in [4.78, 5) is 12.1. The van der Waals surface area contributed by atoms with E-state index < -0.39 is 0 Å². The second-order valence-electron chi connectivity index (χ2n) is 5.58. The van der Waals surface area contributed by atoms with Crippen molar-refractivity contribution in [2.75, 3.05) is 13.1 Å². The van der Waals surface area contributed by atoms with Gasteiger partial charge in [0.1, 0.15) is 0 Å². The standard InChI is InChI=1S/C16H24N2O/c1-12-6-3-4-7-14(12)10-13(2)18-16(19)15-8-5-9-17-11-15/h3-4,6-7,13,15,17H,5,8-11H2,1-2H3,(H,18,19). The topological polar surface area (TPSA) is 41.1 Å². The van der Waals surface area contributed by atoms with Crippen molar-refractivity contribution in [2.24, 2.45) is 5.92 Å². The molecule has 2 atom stereocenters. The van der Waals surface area contributed by atoms with Crippen molar-refractivity contribution in [3.63, 3.8) is 0 Å². The van der Waals surface area contributed by atoms with E-state index in [-0.39, 0.29) is 17.9 Å². The lowest BCUT2D eigenvalue weighted by Gasteiger charge is -2.24. The summed E-state index contributed by atoms with van der Waals surface area (Å²) in [5, 5.41) is 6.43. The van der Waals surface area contributed by atoms with Crippen LogP contribution < -0.4 is 10.6 Å². The van der Waals surface area contributed by atoms with Crippen molar-refractivity contribution in [3.05, 3.63) is 35.4 Å². The normalized spacial score (nSPS) is 20.8. The lowest BCUT2D eigenvalue weighted by Crippen LogP contribution is -2.44. The maximum atomic E-state index is 12.1. The van der Waals surface area contributed by atoms with Crippen molar-refractivity contribution in [3.8, 4) is 0 Å². The molecule has 2 N–H and O–H groups in total. The minimum atomic E-state index is 0.146. The van der Waals surface area contributed by atoms with E-state index in [1.54, 1.807) is 0 Å². The molecule has 3 nitrogen and oxygen atoms in total. The highest BCUT2D eigenvalue weighted by molar-refractivity contribution is 5.79. The summed E-state index contributed by atoms with van der Waals surface area (Å²) in [5.74, 6) is 0.348. The van der Waals surface area contributed by atoms with Gasteiger partial charge >= 0.3 is 0 Å². The van der Waals surface area contributed by atoms with E-state index in [1.165, 1.54) is 11.1 Å². The highest BCUT2D eigenvalue weighted by Crippen LogP contribution is 2.12. The van der Waals surface area contributed by atoms with Gasteiger partial charge in [0.15, 0.2) is 0 Å². The van der Waals surface area contributed by atoms with Gasteiger partial charge < -0.3 is 10.6 Å². The molecule has 1 amide bonds. The van der Waals surface area contributed by atoms with Gasteiger partial charge in [0.2, 0.25) is 5.91 Å². The van der Waals surface area contributed by atoms with Gasteiger partial charge in [0.05, 0.1) is 5.92 Å². The molecule has 1 aromatic carbocycles. The Labute approximate surface area is 115 Å². The van der Waals surface area contributed by atoms with E-state index in [0.29, 0.717) is 0 Å². The van der Waals surface area contributed by atoms with Crippen LogP contribution in [0.4, 0.5) is 0 Å². The first-order valence-corrected chi connectivity index (χ1v) is 7.22. The van der Waals surface area contributed by atoms with Crippen LogP contribution in [0, 0.1) is 12.8 Å². The second-order valence-corrected chi connectivity index (χ2v) is 5.58. The lowest BCUT2D eigenvalue weighted by molar-refractivity contribution is -0.126. The number of hydrogen-bond acceptors (Lipinski definition) is 2. The minimum absolute atomic E-state index is 0.146. The third-order valence-electron chi connectivity index (χ3n) is 3.84. The number of piperidine rings is 1. The number of aryl methyl sites for hydroxylation is 1. The summed E-state index contributed by atoms with van der Waals surface area (Å²) in [6.07, 6.45) is 3.01. The van der Waals surface area contributed by atoms with Crippen molar-refractivity contribution in [2.45, 2.75) is 39.2 Å². The smallest absolute Gasteiger partial charge is 0.224 e. The first-order valence-electron chi connectivity index (χ1n) is 7.22. The van der Waals surface area contributed by atoms with Crippen LogP contribution in [0.1, 0.15) is 30.9 Å². The molecule has 1 heterocycles. The predicted octanol–water partition coefficient (Wildman–Crippen LogP) is 2.04. The maximum Gasteiger partial charge on any atom is 0.224 e. The number of carbonyl (C=O) groups excluding carboxylic acids is 1. The van der Waals surface area contributed by atoms with E-state index in [4.69, 9.17) is 0 Å². The molecule has 0 radical (unpaired) electrons. The van der Waals surface area contributed by atoms with Gasteiger partial charge in [-0.25, -0.2) is 0 Å². The summed E-state index contributed by atoms with van der Waals surface area (Å²) in [6, 6.07) is 8.56. The van der Waals surface area contributed by atoms with Crippen LogP contribution in [0.15, 0.2) is 24.3 Å². The molecule has 0 saturated carbocycles. The van der Waals surface area contributed by atoms with E-state index in [0.717, 1.165) is 32.4 Å². The fourth-order valence-corrected chi connectivity index (χ4v) is 2.66. The Kier molecular flexibility index (Phi) is 4.97. The molecular formula is C16H24N2O. The molecule has 1 aliphatic rings. The zero-order valence-electron chi connectivity index (χ0n) is 11.9. The summed E-state index contributed by atoms with van der Waals surface area (Å²) >= 11 is 0. The van der Waals surface area contributed by atoms with Crippen LogP contribution in [0.5, 0.6) is 0 Å². The minimum Gasteiger partial charge on any atom is -0.353 e. The molecule has 104 valence electrons. The molecule has 1 aromatic rings. The van der Waals surface area contributed by atoms with Gasteiger partial charge in [-0.2, -0.15) is 0 Å². The van der Waals surface area contributed by atoms with Crippen LogP contribution in [0.2, 0.25) is 0 Å². The fraction of sp³-hybridized carbons (Fsp3) is 0.562. The van der Waals surface area contributed by atoms with Crippen molar-refractivity contribution in [1.29, 1.82) is 0 Å². The van der Waals surface area contributed by atoms with Crippen molar-refractivity contribution >= 4 is 5.91 Å². The molecule has 3 heteroatoms. The van der Waals surface area contributed by atoms with E-state index in [1.807, 2.05) is 0 Å². The second kappa shape index (κ2) is 6.71. The Morgan fingerprint density at radius 1 is 1.47 bits per heavy atom. The third-order valence-corrected chi connectivity index (χ3v) is 3.84. The van der Waals surface area contributed by atoms with E-state index in [2.05, 4.69) is 48.7 Å². The average Bonchev–Trinajstić information content (AvgIpc) is 2.42. The molecular weight excluding hydrogens is 236 g/mol. The van der Waals surface area contributed by atoms with Gasteiger partial charge in [-0.3, -0.25) is 4.79 Å². The summed E-state index contributed by atoms with van der Waals surface area (Å²) in [5.41, 5.74) is 2.61. The number of carbonyl (C=O) groups is 1. The van der Waals surface area contributed by atoms with Gasteiger partial charge in [-0.1, -0.05) is 24.3 Å². The van der Waals surface area contributed by atoms with Crippen LogP contribution in [0.25, 0.3) is 0 Å². The Morgan fingerprint density at radius 2 is 2.26 bits per heavy atom. The molecule has 0 aliphatic carbocycles. The summed E-state index contributed by atoms with van der Waals surface area (Å²) in [7, 11) is 0. The Balaban J connectivity index is 1.85. The SMILES string of the molecule is Cc1ccccc1CC(C)NC(=O)C1CCCNC1. The fourth-order valence-electron chi connectivity index (χ4n) is 2.66. The van der Waals surface area contributed by atoms with Crippen LogP contribution in [-0.2, 0) is 11.2 Å². The molecule has 2 rings (SSSR count). The summed E-state index contributed by atoms with van der Waals surface area (Å²) < 4.78 is 0. The maximum absolute atomic E-state index is 12.1. The first-order chi connectivity index (χ1) is 9.16. The average molecular weight is 260 g/mol. The summed E-state index contributed by atoms with van der Waals surface area (Å²) in [6.45, 7) is 6.07. The van der Waals surface area contributed by atoms with Gasteiger partial charge in [0.25, 0.3) is 0 Å². The predicted molar refractivity (Wildman–Crippen MR) is 78.1 cm³/mol. The molecule has 0 aromatic heterocycles. The number of nitrogens with one attached hydrogen (secondary N) is 2. The monoisotopic (exact) mass is 260 g/mol. The number of amides is 1. The molecule has 1 saturated heterocycles. The van der Waals surface area contributed by atoms with Crippen molar-refractivity contribution in [1.82, 2.24) is 10.6 Å². The molecule has 2 unspecified atom stereocenters. The number of rotatable bonds is 4. The lowest BCUT2D eigenvalue weighted by atomic mass is 9.97. The quantitative estimate of drug-likeness (QED) is 0.870. The number of benzene rings is 1. The van der Waals surface area contributed by atoms with Crippen LogP contribution in [-0.4, -0.2) is 25.0 Å². The van der Waals surface area contributed by atoms with E-state index in [9.17, 15) is 4.79 Å². The first kappa shape index (κ1) is 14.1. The Hall–Kier alpha value is -1.35.